The molecule has 0 radical (unpaired) electrons. The highest BCUT2D eigenvalue weighted by Gasteiger charge is 2.09. The molecule has 0 aliphatic rings. The number of carbonyl (C=O) groups excluding carboxylic acids is 1. The highest BCUT2D eigenvalue weighted by Crippen LogP contribution is 2.10. The third kappa shape index (κ3) is 36.5. The Morgan fingerprint density at radius 3 is 1.36 bits per heavy atom. The SMILES string of the molecule is CCCCC/C=C\C/C=C\CCCCCCCCOCC(CNC=O)OCCCCCCCC/C=C\C/C=C\CCCCC. The van der Waals surface area contributed by atoms with Crippen LogP contribution in [0.1, 0.15) is 168 Å². The summed E-state index contributed by atoms with van der Waals surface area (Å²) in [4.78, 5) is 10.8. The first-order valence-electron chi connectivity index (χ1n) is 18.8. The molecule has 0 spiro atoms. The van der Waals surface area contributed by atoms with Gasteiger partial charge in [0.1, 0.15) is 0 Å². The Morgan fingerprint density at radius 1 is 0.500 bits per heavy atom. The van der Waals surface area contributed by atoms with E-state index < -0.39 is 0 Å². The van der Waals surface area contributed by atoms with Crippen molar-refractivity contribution in [1.29, 1.82) is 0 Å². The molecule has 0 aliphatic carbocycles. The maximum Gasteiger partial charge on any atom is 0.207 e. The van der Waals surface area contributed by atoms with Gasteiger partial charge in [0.05, 0.1) is 12.7 Å². The predicted octanol–water partition coefficient (Wildman–Crippen LogP) is 11.8. The average molecular weight is 616 g/mol. The summed E-state index contributed by atoms with van der Waals surface area (Å²) >= 11 is 0. The number of hydrogen-bond acceptors (Lipinski definition) is 3. The standard InChI is InChI=1S/C40H73NO3/c1-3-5-7-9-11-13-15-17-19-21-23-25-27-29-31-33-35-43-38-40(37-41-39-42)44-36-34-32-30-28-26-24-22-20-18-16-14-12-10-8-6-4-2/h11-14,17-20,39-40H,3-10,15-16,21-38H2,1-2H3,(H,41,42)/b13-11-,14-12-,19-17-,20-18-. The normalized spacial score (nSPS) is 12.9. The molecule has 1 amide bonds. The lowest BCUT2D eigenvalue weighted by molar-refractivity contribution is -0.110. The zero-order valence-electron chi connectivity index (χ0n) is 29.3. The van der Waals surface area contributed by atoms with Crippen LogP contribution in [-0.4, -0.2) is 38.9 Å². The molecule has 4 nitrogen and oxygen atoms in total. The van der Waals surface area contributed by atoms with E-state index >= 15 is 0 Å². The van der Waals surface area contributed by atoms with Crippen LogP contribution in [0.25, 0.3) is 0 Å². The number of amides is 1. The molecule has 44 heavy (non-hydrogen) atoms. The molecule has 256 valence electrons. The van der Waals surface area contributed by atoms with Crippen LogP contribution in [0.3, 0.4) is 0 Å². The van der Waals surface area contributed by atoms with Gasteiger partial charge >= 0.3 is 0 Å². The molecule has 0 fully saturated rings. The summed E-state index contributed by atoms with van der Waals surface area (Å²) in [7, 11) is 0. The van der Waals surface area contributed by atoms with Crippen LogP contribution in [0.5, 0.6) is 0 Å². The molecule has 0 bridgehead atoms. The number of unbranched alkanes of at least 4 members (excludes halogenated alkanes) is 18. The van der Waals surface area contributed by atoms with E-state index in [-0.39, 0.29) is 6.10 Å². The minimum absolute atomic E-state index is 0.0530. The number of allylic oxidation sites excluding steroid dienone is 8. The van der Waals surface area contributed by atoms with Crippen LogP contribution in [0.4, 0.5) is 0 Å². The van der Waals surface area contributed by atoms with Crippen molar-refractivity contribution in [1.82, 2.24) is 5.32 Å². The van der Waals surface area contributed by atoms with Crippen molar-refractivity contribution in [3.05, 3.63) is 48.6 Å². The quantitative estimate of drug-likeness (QED) is 0.0433. The fraction of sp³-hybridized carbons (Fsp3) is 0.775. The van der Waals surface area contributed by atoms with Crippen LogP contribution in [0.15, 0.2) is 48.6 Å². The molecular weight excluding hydrogens is 542 g/mol. The van der Waals surface area contributed by atoms with E-state index in [9.17, 15) is 4.79 Å². The van der Waals surface area contributed by atoms with Crippen LogP contribution < -0.4 is 5.32 Å². The van der Waals surface area contributed by atoms with Gasteiger partial charge in [-0.2, -0.15) is 0 Å². The molecule has 0 heterocycles. The maximum atomic E-state index is 10.8. The molecule has 0 aromatic rings. The van der Waals surface area contributed by atoms with Gasteiger partial charge in [-0.3, -0.25) is 4.79 Å². The summed E-state index contributed by atoms with van der Waals surface area (Å²) in [5.74, 6) is 0. The van der Waals surface area contributed by atoms with Gasteiger partial charge in [-0.15, -0.1) is 0 Å². The van der Waals surface area contributed by atoms with Gasteiger partial charge in [-0.05, 0) is 77.0 Å². The molecule has 4 heteroatoms. The molecule has 0 aromatic heterocycles. The largest absolute Gasteiger partial charge is 0.379 e. The molecule has 1 atom stereocenters. The van der Waals surface area contributed by atoms with Gasteiger partial charge in [-0.1, -0.05) is 140 Å². The Morgan fingerprint density at radius 2 is 0.909 bits per heavy atom. The monoisotopic (exact) mass is 616 g/mol. The van der Waals surface area contributed by atoms with Crippen molar-refractivity contribution >= 4 is 6.41 Å². The van der Waals surface area contributed by atoms with Crippen LogP contribution >= 0.6 is 0 Å². The van der Waals surface area contributed by atoms with Gasteiger partial charge in [0.15, 0.2) is 0 Å². The third-order valence-electron chi connectivity index (χ3n) is 7.92. The lowest BCUT2D eigenvalue weighted by Crippen LogP contribution is -2.32. The highest BCUT2D eigenvalue weighted by molar-refractivity contribution is 5.45. The summed E-state index contributed by atoms with van der Waals surface area (Å²) in [6, 6.07) is 0. The third-order valence-corrected chi connectivity index (χ3v) is 7.92. The lowest BCUT2D eigenvalue weighted by Gasteiger charge is -2.17. The average Bonchev–Trinajstić information content (AvgIpc) is 3.04. The minimum Gasteiger partial charge on any atom is -0.379 e. The lowest BCUT2D eigenvalue weighted by atomic mass is 10.1. The zero-order chi connectivity index (χ0) is 31.9. The number of hydrogen-bond donors (Lipinski definition) is 1. The second-order valence-electron chi connectivity index (χ2n) is 12.3. The Kier molecular flexibility index (Phi) is 37.9. The second kappa shape index (κ2) is 39.4. The van der Waals surface area contributed by atoms with E-state index in [1.807, 2.05) is 0 Å². The van der Waals surface area contributed by atoms with Crippen molar-refractivity contribution in [3.63, 3.8) is 0 Å². The topological polar surface area (TPSA) is 47.6 Å². The summed E-state index contributed by atoms with van der Waals surface area (Å²) in [5.41, 5.74) is 0. The molecule has 1 N–H and O–H groups in total. The van der Waals surface area contributed by atoms with E-state index in [0.717, 1.165) is 45.3 Å². The van der Waals surface area contributed by atoms with E-state index in [4.69, 9.17) is 9.47 Å². The van der Waals surface area contributed by atoms with E-state index in [2.05, 4.69) is 67.8 Å². The Balaban J connectivity index is 3.57. The Labute approximate surface area is 274 Å². The van der Waals surface area contributed by atoms with Crippen molar-refractivity contribution in [3.8, 4) is 0 Å². The first kappa shape index (κ1) is 42.3. The number of carbonyl (C=O) groups is 1. The van der Waals surface area contributed by atoms with E-state index in [0.29, 0.717) is 13.2 Å². The number of rotatable bonds is 36. The van der Waals surface area contributed by atoms with Crippen molar-refractivity contribution in [2.75, 3.05) is 26.4 Å². The van der Waals surface area contributed by atoms with Crippen LogP contribution in [-0.2, 0) is 14.3 Å². The number of ether oxygens (including phenoxy) is 2. The van der Waals surface area contributed by atoms with E-state index in [1.54, 1.807) is 0 Å². The first-order chi connectivity index (χ1) is 21.8. The minimum atomic E-state index is -0.0530. The summed E-state index contributed by atoms with van der Waals surface area (Å²) in [5, 5.41) is 2.76. The maximum absolute atomic E-state index is 10.8. The van der Waals surface area contributed by atoms with Gasteiger partial charge in [0.2, 0.25) is 6.41 Å². The highest BCUT2D eigenvalue weighted by atomic mass is 16.5. The van der Waals surface area contributed by atoms with Crippen LogP contribution in [0, 0.1) is 0 Å². The van der Waals surface area contributed by atoms with E-state index in [1.165, 1.54) is 128 Å². The van der Waals surface area contributed by atoms with Gasteiger partial charge < -0.3 is 14.8 Å². The van der Waals surface area contributed by atoms with Crippen molar-refractivity contribution in [2.24, 2.45) is 0 Å². The Bertz CT molecular complexity index is 670. The van der Waals surface area contributed by atoms with Crippen molar-refractivity contribution in [2.45, 2.75) is 174 Å². The zero-order valence-corrected chi connectivity index (χ0v) is 29.3. The molecule has 0 aliphatic heterocycles. The molecule has 1 unspecified atom stereocenters. The molecular formula is C40H73NO3. The summed E-state index contributed by atoms with van der Waals surface area (Å²) < 4.78 is 11.9. The first-order valence-corrected chi connectivity index (χ1v) is 18.8. The number of nitrogens with one attached hydrogen (secondary N) is 1. The van der Waals surface area contributed by atoms with Gasteiger partial charge in [0, 0.05) is 19.8 Å². The second-order valence-corrected chi connectivity index (χ2v) is 12.3. The molecule has 0 saturated heterocycles. The fourth-order valence-electron chi connectivity index (χ4n) is 5.09. The van der Waals surface area contributed by atoms with Crippen molar-refractivity contribution < 1.29 is 14.3 Å². The van der Waals surface area contributed by atoms with Gasteiger partial charge in [-0.25, -0.2) is 0 Å². The molecule has 0 aromatic carbocycles. The predicted molar refractivity (Wildman–Crippen MR) is 193 cm³/mol. The summed E-state index contributed by atoms with van der Waals surface area (Å²) in [6.07, 6.45) is 49.3. The fourth-order valence-corrected chi connectivity index (χ4v) is 5.09. The van der Waals surface area contributed by atoms with Gasteiger partial charge in [0.25, 0.3) is 0 Å². The summed E-state index contributed by atoms with van der Waals surface area (Å²) in [6.45, 7) is 7.11. The molecule has 0 rings (SSSR count). The van der Waals surface area contributed by atoms with Crippen LogP contribution in [0.2, 0.25) is 0 Å². The Hall–Kier alpha value is -1.65. The molecule has 0 saturated carbocycles. The smallest absolute Gasteiger partial charge is 0.207 e.